The van der Waals surface area contributed by atoms with Crippen LogP contribution in [0.2, 0.25) is 0 Å². The van der Waals surface area contributed by atoms with Crippen LogP contribution >= 0.6 is 0 Å². The monoisotopic (exact) mass is 285 g/mol. The second kappa shape index (κ2) is 5.87. The zero-order valence-corrected chi connectivity index (χ0v) is 10.8. The highest BCUT2D eigenvalue weighted by Crippen LogP contribution is 2.26. The lowest BCUT2D eigenvalue weighted by Gasteiger charge is -1.98. The van der Waals surface area contributed by atoms with Gasteiger partial charge in [0, 0.05) is 11.6 Å². The Balaban J connectivity index is 2.21. The van der Waals surface area contributed by atoms with Gasteiger partial charge < -0.3 is 10.2 Å². The van der Waals surface area contributed by atoms with Gasteiger partial charge >= 0.3 is 5.69 Å². The number of nitrogens with zero attached hydrogens (tertiary/aromatic N) is 1. The molecule has 0 unspecified atom stereocenters. The largest absolute Gasteiger partial charge is 0.508 e. The van der Waals surface area contributed by atoms with Gasteiger partial charge in [-0.05, 0) is 42.0 Å². The summed E-state index contributed by atoms with van der Waals surface area (Å²) >= 11 is 0. The maximum absolute atomic E-state index is 11.9. The number of benzene rings is 2. The van der Waals surface area contributed by atoms with Gasteiger partial charge in [0.15, 0.2) is 11.5 Å². The van der Waals surface area contributed by atoms with Crippen molar-refractivity contribution >= 4 is 17.5 Å². The Hall–Kier alpha value is -3.15. The third kappa shape index (κ3) is 3.44. The van der Waals surface area contributed by atoms with E-state index in [0.29, 0.717) is 11.1 Å². The predicted octanol–water partition coefficient (Wildman–Crippen LogP) is 2.90. The van der Waals surface area contributed by atoms with Crippen LogP contribution in [0.5, 0.6) is 11.5 Å². The van der Waals surface area contributed by atoms with E-state index >= 15 is 0 Å². The molecule has 0 saturated carbocycles. The summed E-state index contributed by atoms with van der Waals surface area (Å²) in [5.41, 5.74) is 0.387. The average Bonchev–Trinajstić information content (AvgIpc) is 2.46. The molecule has 0 aliphatic rings. The molecule has 6 nitrogen and oxygen atoms in total. The molecule has 0 aliphatic heterocycles. The summed E-state index contributed by atoms with van der Waals surface area (Å²) in [6, 6.07) is 9.57. The van der Waals surface area contributed by atoms with Crippen LogP contribution in [0, 0.1) is 10.1 Å². The van der Waals surface area contributed by atoms with Crippen molar-refractivity contribution in [2.75, 3.05) is 0 Å². The first-order valence-corrected chi connectivity index (χ1v) is 5.96. The summed E-state index contributed by atoms with van der Waals surface area (Å²) in [7, 11) is 0. The van der Waals surface area contributed by atoms with Gasteiger partial charge in [0.25, 0.3) is 0 Å². The summed E-state index contributed by atoms with van der Waals surface area (Å²) in [6.07, 6.45) is 2.68. The van der Waals surface area contributed by atoms with Crippen LogP contribution in [-0.4, -0.2) is 20.9 Å². The number of allylic oxidation sites excluding steroid dienone is 1. The Morgan fingerprint density at radius 1 is 1.10 bits per heavy atom. The Bertz CT molecular complexity index is 719. The maximum Gasteiger partial charge on any atom is 0.311 e. The Morgan fingerprint density at radius 3 is 2.38 bits per heavy atom. The lowest BCUT2D eigenvalue weighted by Crippen LogP contribution is -1.93. The standard InChI is InChI=1S/C15H11NO5/c17-12-5-3-11(4-6-12)14(18)7-1-10-2-8-15(19)13(9-10)16(20)21/h1-9,17,19H. The van der Waals surface area contributed by atoms with Crippen molar-refractivity contribution in [1.82, 2.24) is 0 Å². The SMILES string of the molecule is O=C(C=Cc1ccc(O)c([N+](=O)[O-])c1)c1ccc(O)cc1. The Labute approximate surface area is 119 Å². The third-order valence-corrected chi connectivity index (χ3v) is 2.78. The van der Waals surface area contributed by atoms with Gasteiger partial charge in [0.2, 0.25) is 0 Å². The van der Waals surface area contributed by atoms with Gasteiger partial charge in [0.05, 0.1) is 4.92 Å². The minimum absolute atomic E-state index is 0.0599. The number of ketones is 1. The van der Waals surface area contributed by atoms with Crippen LogP contribution in [0.1, 0.15) is 15.9 Å². The predicted molar refractivity (Wildman–Crippen MR) is 76.2 cm³/mol. The molecule has 0 aromatic heterocycles. The van der Waals surface area contributed by atoms with E-state index in [-0.39, 0.29) is 11.5 Å². The van der Waals surface area contributed by atoms with Crippen LogP contribution in [0.3, 0.4) is 0 Å². The number of phenolic OH excluding ortho intramolecular Hbond substituents is 2. The molecular formula is C15H11NO5. The van der Waals surface area contributed by atoms with Gasteiger partial charge in [0.1, 0.15) is 5.75 Å². The number of hydrogen-bond donors (Lipinski definition) is 2. The molecule has 0 heterocycles. The number of phenols is 2. The lowest BCUT2D eigenvalue weighted by atomic mass is 10.1. The molecule has 0 saturated heterocycles. The van der Waals surface area contributed by atoms with Gasteiger partial charge in [-0.15, -0.1) is 0 Å². The first-order valence-electron chi connectivity index (χ1n) is 5.96. The van der Waals surface area contributed by atoms with Crippen molar-refractivity contribution < 1.29 is 19.9 Å². The first kappa shape index (κ1) is 14.3. The molecule has 0 spiro atoms. The number of aromatic hydroxyl groups is 2. The zero-order chi connectivity index (χ0) is 15.4. The normalized spacial score (nSPS) is 10.7. The smallest absolute Gasteiger partial charge is 0.311 e. The number of carbonyl (C=O) groups is 1. The highest BCUT2D eigenvalue weighted by Gasteiger charge is 2.12. The summed E-state index contributed by atoms with van der Waals surface area (Å²) in [5, 5.41) is 29.2. The summed E-state index contributed by atoms with van der Waals surface area (Å²) in [6.45, 7) is 0. The van der Waals surface area contributed by atoms with Crippen LogP contribution in [-0.2, 0) is 0 Å². The van der Waals surface area contributed by atoms with E-state index in [2.05, 4.69) is 0 Å². The molecule has 21 heavy (non-hydrogen) atoms. The summed E-state index contributed by atoms with van der Waals surface area (Å²) in [4.78, 5) is 21.9. The molecule has 2 aromatic rings. The average molecular weight is 285 g/mol. The van der Waals surface area contributed by atoms with E-state index in [1.54, 1.807) is 0 Å². The maximum atomic E-state index is 11.9. The second-order valence-electron chi connectivity index (χ2n) is 4.25. The second-order valence-corrected chi connectivity index (χ2v) is 4.25. The molecule has 0 atom stereocenters. The molecule has 0 radical (unpaired) electrons. The molecule has 2 aromatic carbocycles. The van der Waals surface area contributed by atoms with Crippen molar-refractivity contribution in [3.63, 3.8) is 0 Å². The fraction of sp³-hybridized carbons (Fsp3) is 0. The highest BCUT2D eigenvalue weighted by atomic mass is 16.6. The van der Waals surface area contributed by atoms with Crippen LogP contribution in [0.15, 0.2) is 48.5 Å². The van der Waals surface area contributed by atoms with Crippen molar-refractivity contribution in [3.8, 4) is 11.5 Å². The Kier molecular flexibility index (Phi) is 3.99. The topological polar surface area (TPSA) is 101 Å². The number of nitro benzene ring substituents is 1. The van der Waals surface area contributed by atoms with E-state index in [9.17, 15) is 20.0 Å². The van der Waals surface area contributed by atoms with Crippen LogP contribution in [0.25, 0.3) is 6.08 Å². The van der Waals surface area contributed by atoms with Crippen LogP contribution < -0.4 is 0 Å². The quantitative estimate of drug-likeness (QED) is 0.389. The molecule has 2 N–H and O–H groups in total. The fourth-order valence-electron chi connectivity index (χ4n) is 1.68. The number of carbonyl (C=O) groups excluding carboxylic acids is 1. The lowest BCUT2D eigenvalue weighted by molar-refractivity contribution is -0.385. The molecule has 106 valence electrons. The van der Waals surface area contributed by atoms with E-state index < -0.39 is 16.4 Å². The molecule has 0 amide bonds. The van der Waals surface area contributed by atoms with E-state index in [1.165, 1.54) is 54.6 Å². The van der Waals surface area contributed by atoms with Crippen molar-refractivity contribution in [2.24, 2.45) is 0 Å². The summed E-state index contributed by atoms with van der Waals surface area (Å²) < 4.78 is 0. The number of hydrogen-bond acceptors (Lipinski definition) is 5. The van der Waals surface area contributed by atoms with Gasteiger partial charge in [-0.3, -0.25) is 14.9 Å². The summed E-state index contributed by atoms with van der Waals surface area (Å²) in [5.74, 6) is -0.669. The van der Waals surface area contributed by atoms with Crippen molar-refractivity contribution in [2.45, 2.75) is 0 Å². The fourth-order valence-corrected chi connectivity index (χ4v) is 1.68. The zero-order valence-electron chi connectivity index (χ0n) is 10.8. The molecule has 2 rings (SSSR count). The number of nitro groups is 1. The number of rotatable bonds is 4. The van der Waals surface area contributed by atoms with Gasteiger partial charge in [-0.25, -0.2) is 0 Å². The van der Waals surface area contributed by atoms with Crippen molar-refractivity contribution in [1.29, 1.82) is 0 Å². The highest BCUT2D eigenvalue weighted by molar-refractivity contribution is 6.06. The molecular weight excluding hydrogens is 274 g/mol. The van der Waals surface area contributed by atoms with Crippen LogP contribution in [0.4, 0.5) is 5.69 Å². The van der Waals surface area contributed by atoms with Crippen molar-refractivity contribution in [3.05, 3.63) is 69.8 Å². The minimum Gasteiger partial charge on any atom is -0.508 e. The molecule has 0 bridgehead atoms. The van der Waals surface area contributed by atoms with E-state index in [0.717, 1.165) is 0 Å². The Morgan fingerprint density at radius 2 is 1.76 bits per heavy atom. The molecule has 6 heteroatoms. The van der Waals surface area contributed by atoms with E-state index in [1.807, 2.05) is 0 Å². The minimum atomic E-state index is -0.700. The third-order valence-electron chi connectivity index (χ3n) is 2.78. The first-order chi connectivity index (χ1) is 9.97. The molecule has 0 aliphatic carbocycles. The van der Waals surface area contributed by atoms with E-state index in [4.69, 9.17) is 5.11 Å². The van der Waals surface area contributed by atoms with Gasteiger partial charge in [-0.2, -0.15) is 0 Å². The molecule has 0 fully saturated rings. The van der Waals surface area contributed by atoms with Gasteiger partial charge in [-0.1, -0.05) is 12.1 Å².